The van der Waals surface area contributed by atoms with Crippen LogP contribution in [-0.4, -0.2) is 39.5 Å². The van der Waals surface area contributed by atoms with Gasteiger partial charge in [-0.15, -0.1) is 11.3 Å². The number of nitrogens with zero attached hydrogens (tertiary/aromatic N) is 1. The van der Waals surface area contributed by atoms with Crippen LogP contribution in [0.5, 0.6) is 11.5 Å². The molecule has 1 aromatic heterocycles. The van der Waals surface area contributed by atoms with Crippen molar-refractivity contribution in [3.63, 3.8) is 0 Å². The molecule has 0 aliphatic heterocycles. The highest BCUT2D eigenvalue weighted by atomic mass is 32.2. The Morgan fingerprint density at radius 3 is 2.55 bits per heavy atom. The molecule has 1 amide bonds. The summed E-state index contributed by atoms with van der Waals surface area (Å²) >= 11 is 1.48. The first-order chi connectivity index (χ1) is 14.9. The van der Waals surface area contributed by atoms with Gasteiger partial charge in [-0.2, -0.15) is 0 Å². The molecule has 2 aromatic carbocycles. The molecule has 0 radical (unpaired) electrons. The predicted molar refractivity (Wildman–Crippen MR) is 118 cm³/mol. The number of ether oxygens (including phenoxy) is 2. The fraction of sp³-hybridized carbons (Fsp3) is 0.238. The van der Waals surface area contributed by atoms with E-state index in [4.69, 9.17) is 9.47 Å². The summed E-state index contributed by atoms with van der Waals surface area (Å²) in [5.74, 6) is 0.569. The Bertz CT molecular complexity index is 1110. The van der Waals surface area contributed by atoms with Crippen molar-refractivity contribution in [1.82, 2.24) is 15.0 Å². The maximum absolute atomic E-state index is 12.4. The van der Waals surface area contributed by atoms with E-state index in [9.17, 15) is 13.2 Å². The molecule has 0 aliphatic rings. The summed E-state index contributed by atoms with van der Waals surface area (Å²) in [5, 5.41) is 4.58. The van der Waals surface area contributed by atoms with Crippen LogP contribution in [0.25, 0.3) is 0 Å². The van der Waals surface area contributed by atoms with E-state index in [-0.39, 0.29) is 23.9 Å². The molecule has 0 aliphatic carbocycles. The normalized spacial score (nSPS) is 11.2. The third-order valence-corrected chi connectivity index (χ3v) is 6.43. The number of thiazole rings is 1. The van der Waals surface area contributed by atoms with Crippen LogP contribution in [0, 0.1) is 6.92 Å². The number of carbonyl (C=O) groups is 1. The van der Waals surface area contributed by atoms with Gasteiger partial charge < -0.3 is 14.8 Å². The molecule has 0 atom stereocenters. The number of sulfonamides is 1. The zero-order chi connectivity index (χ0) is 22.3. The van der Waals surface area contributed by atoms with E-state index in [1.54, 1.807) is 48.0 Å². The average molecular weight is 462 g/mol. The molecule has 10 heteroatoms. The summed E-state index contributed by atoms with van der Waals surface area (Å²) < 4.78 is 38.0. The first kappa shape index (κ1) is 22.7. The molecule has 1 heterocycles. The molecule has 2 N–H and O–H groups in total. The van der Waals surface area contributed by atoms with Gasteiger partial charge in [0.1, 0.15) is 6.61 Å². The smallest absolute Gasteiger partial charge is 0.251 e. The van der Waals surface area contributed by atoms with Gasteiger partial charge in [-0.05, 0) is 37.3 Å². The largest absolute Gasteiger partial charge is 0.493 e. The third-order valence-electron chi connectivity index (χ3n) is 4.32. The van der Waals surface area contributed by atoms with Crippen molar-refractivity contribution in [2.75, 3.05) is 20.2 Å². The number of rotatable bonds is 10. The SMILES string of the molecule is COc1cc(C(=O)NCCNS(=O)(=O)c2ccc(C)cc2)ccc1OCc1cscn1. The number of hydrogen-bond acceptors (Lipinski definition) is 7. The Balaban J connectivity index is 1.52. The molecule has 164 valence electrons. The number of benzene rings is 2. The third kappa shape index (κ3) is 6.27. The number of hydrogen-bond donors (Lipinski definition) is 2. The van der Waals surface area contributed by atoms with Gasteiger partial charge >= 0.3 is 0 Å². The van der Waals surface area contributed by atoms with Crippen LogP contribution in [0.4, 0.5) is 0 Å². The number of nitrogens with one attached hydrogen (secondary N) is 2. The Kier molecular flexibility index (Phi) is 7.61. The van der Waals surface area contributed by atoms with Crippen LogP contribution in [0.3, 0.4) is 0 Å². The van der Waals surface area contributed by atoms with Crippen molar-refractivity contribution in [2.24, 2.45) is 0 Å². The van der Waals surface area contributed by atoms with Crippen LogP contribution in [0.1, 0.15) is 21.6 Å². The van der Waals surface area contributed by atoms with Crippen LogP contribution >= 0.6 is 11.3 Å². The molecular weight excluding hydrogens is 438 g/mol. The monoisotopic (exact) mass is 461 g/mol. The van der Waals surface area contributed by atoms with Crippen LogP contribution < -0.4 is 19.5 Å². The Morgan fingerprint density at radius 1 is 1.10 bits per heavy atom. The van der Waals surface area contributed by atoms with Crippen molar-refractivity contribution >= 4 is 27.3 Å². The van der Waals surface area contributed by atoms with Gasteiger partial charge in [-0.25, -0.2) is 18.1 Å². The van der Waals surface area contributed by atoms with E-state index in [0.29, 0.717) is 23.7 Å². The Morgan fingerprint density at radius 2 is 1.87 bits per heavy atom. The molecule has 0 unspecified atom stereocenters. The molecule has 0 spiro atoms. The van der Waals surface area contributed by atoms with Crippen LogP contribution in [0.2, 0.25) is 0 Å². The van der Waals surface area contributed by atoms with Gasteiger partial charge in [0.2, 0.25) is 10.0 Å². The maximum atomic E-state index is 12.4. The fourth-order valence-electron chi connectivity index (χ4n) is 2.65. The number of amides is 1. The minimum Gasteiger partial charge on any atom is -0.493 e. The number of carbonyl (C=O) groups excluding carboxylic acids is 1. The highest BCUT2D eigenvalue weighted by molar-refractivity contribution is 7.89. The van der Waals surface area contributed by atoms with E-state index in [0.717, 1.165) is 11.3 Å². The van der Waals surface area contributed by atoms with Crippen molar-refractivity contribution in [1.29, 1.82) is 0 Å². The first-order valence-corrected chi connectivity index (χ1v) is 11.8. The van der Waals surface area contributed by atoms with Gasteiger partial charge in [0.15, 0.2) is 11.5 Å². The van der Waals surface area contributed by atoms with Gasteiger partial charge in [-0.3, -0.25) is 4.79 Å². The first-order valence-electron chi connectivity index (χ1n) is 9.41. The summed E-state index contributed by atoms with van der Waals surface area (Å²) in [6.07, 6.45) is 0. The van der Waals surface area contributed by atoms with E-state index >= 15 is 0 Å². The standard InChI is InChI=1S/C21H23N3O5S2/c1-15-3-6-18(7-4-15)31(26,27)24-10-9-22-21(25)16-5-8-19(20(11-16)28-2)29-12-17-13-30-14-23-17/h3-8,11,13-14,24H,9-10,12H2,1-2H3,(H,22,25). The summed E-state index contributed by atoms with van der Waals surface area (Å²) in [6, 6.07) is 11.4. The minimum atomic E-state index is -3.62. The summed E-state index contributed by atoms with van der Waals surface area (Å²) in [5.41, 5.74) is 3.88. The van der Waals surface area contributed by atoms with Crippen molar-refractivity contribution in [2.45, 2.75) is 18.4 Å². The zero-order valence-electron chi connectivity index (χ0n) is 17.1. The van der Waals surface area contributed by atoms with Crippen LogP contribution in [-0.2, 0) is 16.6 Å². The average Bonchev–Trinajstić information content (AvgIpc) is 3.29. The van der Waals surface area contributed by atoms with Crippen LogP contribution in [0.15, 0.2) is 58.3 Å². The second kappa shape index (κ2) is 10.4. The molecule has 0 fully saturated rings. The zero-order valence-corrected chi connectivity index (χ0v) is 18.8. The van der Waals surface area contributed by atoms with Crippen molar-refractivity contribution < 1.29 is 22.7 Å². The number of aromatic nitrogens is 1. The second-order valence-corrected chi connectivity index (χ2v) is 9.09. The highest BCUT2D eigenvalue weighted by Gasteiger charge is 2.14. The Hall–Kier alpha value is -2.95. The fourth-order valence-corrected chi connectivity index (χ4v) is 4.23. The lowest BCUT2D eigenvalue weighted by molar-refractivity contribution is 0.0954. The summed E-state index contributed by atoms with van der Waals surface area (Å²) in [6.45, 7) is 2.38. The van der Waals surface area contributed by atoms with Gasteiger partial charge in [0.05, 0.1) is 23.2 Å². The van der Waals surface area contributed by atoms with E-state index in [2.05, 4.69) is 15.0 Å². The molecule has 3 aromatic rings. The second-order valence-electron chi connectivity index (χ2n) is 6.60. The molecule has 0 saturated heterocycles. The summed E-state index contributed by atoms with van der Waals surface area (Å²) in [4.78, 5) is 16.7. The molecule has 0 saturated carbocycles. The van der Waals surface area contributed by atoms with E-state index in [1.807, 2.05) is 12.3 Å². The van der Waals surface area contributed by atoms with Crippen molar-refractivity contribution in [3.8, 4) is 11.5 Å². The molecule has 31 heavy (non-hydrogen) atoms. The number of methoxy groups -OCH3 is 1. The number of aryl methyl sites for hydroxylation is 1. The lowest BCUT2D eigenvalue weighted by atomic mass is 10.2. The van der Waals surface area contributed by atoms with E-state index in [1.165, 1.54) is 18.4 Å². The van der Waals surface area contributed by atoms with E-state index < -0.39 is 10.0 Å². The Labute approximate surface area is 185 Å². The molecule has 3 rings (SSSR count). The highest BCUT2D eigenvalue weighted by Crippen LogP contribution is 2.28. The minimum absolute atomic E-state index is 0.0634. The quantitative estimate of drug-likeness (QED) is 0.450. The predicted octanol–water partition coefficient (Wildman–Crippen LogP) is 2.75. The lowest BCUT2D eigenvalue weighted by Crippen LogP contribution is -2.34. The topological polar surface area (TPSA) is 107 Å². The molecular formula is C21H23N3O5S2. The molecule has 8 nitrogen and oxygen atoms in total. The van der Waals surface area contributed by atoms with Gasteiger partial charge in [0.25, 0.3) is 5.91 Å². The maximum Gasteiger partial charge on any atom is 0.251 e. The van der Waals surface area contributed by atoms with Gasteiger partial charge in [-0.1, -0.05) is 17.7 Å². The molecule has 0 bridgehead atoms. The van der Waals surface area contributed by atoms with Gasteiger partial charge in [0, 0.05) is 24.0 Å². The lowest BCUT2D eigenvalue weighted by Gasteiger charge is -2.12. The van der Waals surface area contributed by atoms with Crippen molar-refractivity contribution in [3.05, 3.63) is 70.2 Å². The summed E-state index contributed by atoms with van der Waals surface area (Å²) in [7, 11) is -2.13.